The molecule has 0 aromatic heterocycles. The van der Waals surface area contributed by atoms with E-state index in [-0.39, 0.29) is 5.92 Å². The van der Waals surface area contributed by atoms with Crippen molar-refractivity contribution in [2.24, 2.45) is 11.3 Å². The van der Waals surface area contributed by atoms with Crippen LogP contribution in [0.3, 0.4) is 0 Å². The van der Waals surface area contributed by atoms with Crippen LogP contribution in [-0.2, 0) is 25.7 Å². The molecule has 1 aromatic carbocycles. The number of halogens is 1. The van der Waals surface area contributed by atoms with E-state index in [0.29, 0.717) is 16.3 Å². The van der Waals surface area contributed by atoms with Crippen LogP contribution in [0, 0.1) is 11.3 Å². The Hall–Kier alpha value is -1.24. The Balaban J connectivity index is 3.06. The second-order valence-electron chi connectivity index (χ2n) is 7.17. The summed E-state index contributed by atoms with van der Waals surface area (Å²) in [5, 5.41) is 0.414. The van der Waals surface area contributed by atoms with E-state index < -0.39 is 34.3 Å². The lowest BCUT2D eigenvalue weighted by molar-refractivity contribution is -0.173. The Morgan fingerprint density at radius 3 is 2.40 bits per heavy atom. The second-order valence-corrected chi connectivity index (χ2v) is 8.82. The number of esters is 1. The van der Waals surface area contributed by atoms with Crippen molar-refractivity contribution in [3.8, 4) is 0 Å². The summed E-state index contributed by atoms with van der Waals surface area (Å²) in [6.07, 6.45) is 0.590. The first-order valence-electron chi connectivity index (χ1n) is 8.13. The molecule has 2 unspecified atom stereocenters. The molecule has 0 aliphatic carbocycles. The fourth-order valence-electron chi connectivity index (χ4n) is 2.14. The average Bonchev–Trinajstić information content (AvgIpc) is 2.51. The summed E-state index contributed by atoms with van der Waals surface area (Å²) in [6.45, 7) is 10.4. The number of rotatable bonds is 6. The third-order valence-corrected chi connectivity index (χ3v) is 5.38. The molecular formula is C18H26ClNO4S. The van der Waals surface area contributed by atoms with E-state index in [9.17, 15) is 14.1 Å². The highest BCUT2D eigenvalue weighted by Gasteiger charge is 2.49. The summed E-state index contributed by atoms with van der Waals surface area (Å²) < 4.78 is 20.3. The van der Waals surface area contributed by atoms with E-state index in [4.69, 9.17) is 16.3 Å². The minimum Gasteiger partial charge on any atom is -0.588 e. The summed E-state index contributed by atoms with van der Waals surface area (Å²) >= 11 is 4.07. The Bertz CT molecular complexity index is 632. The lowest BCUT2D eigenvalue weighted by Gasteiger charge is -2.34. The van der Waals surface area contributed by atoms with Crippen LogP contribution in [-0.4, -0.2) is 22.0 Å². The van der Waals surface area contributed by atoms with Gasteiger partial charge >= 0.3 is 5.97 Å². The minimum absolute atomic E-state index is 0.293. The van der Waals surface area contributed by atoms with Crippen LogP contribution in [0.2, 0.25) is 5.02 Å². The molecule has 1 amide bonds. The lowest BCUT2D eigenvalue weighted by atomic mass is 9.76. The molecule has 0 radical (unpaired) electrons. The van der Waals surface area contributed by atoms with Gasteiger partial charge in [-0.05, 0) is 45.7 Å². The summed E-state index contributed by atoms with van der Waals surface area (Å²) in [5.41, 5.74) is -2.17. The Morgan fingerprint density at radius 2 is 1.92 bits per heavy atom. The van der Waals surface area contributed by atoms with Crippen molar-refractivity contribution >= 4 is 34.8 Å². The van der Waals surface area contributed by atoms with Gasteiger partial charge < -0.3 is 9.29 Å². The summed E-state index contributed by atoms with van der Waals surface area (Å²) in [6, 6.07) is 6.39. The van der Waals surface area contributed by atoms with Crippen LogP contribution in [0.25, 0.3) is 0 Å². The van der Waals surface area contributed by atoms with Crippen molar-refractivity contribution in [2.45, 2.75) is 58.5 Å². The predicted octanol–water partition coefficient (Wildman–Crippen LogP) is 3.87. The molecule has 140 valence electrons. The molecule has 1 N–H and O–H groups in total. The quantitative estimate of drug-likeness (QED) is 0.456. The third-order valence-electron chi connectivity index (χ3n) is 4.09. The zero-order chi connectivity index (χ0) is 19.4. The molecule has 0 saturated heterocycles. The molecular weight excluding hydrogens is 362 g/mol. The first-order chi connectivity index (χ1) is 11.4. The van der Waals surface area contributed by atoms with Gasteiger partial charge in [-0.1, -0.05) is 37.9 Å². The Labute approximate surface area is 157 Å². The van der Waals surface area contributed by atoms with Gasteiger partial charge in [-0.3, -0.25) is 9.59 Å². The van der Waals surface area contributed by atoms with E-state index in [1.165, 1.54) is 13.0 Å². The zero-order valence-electron chi connectivity index (χ0n) is 15.5. The van der Waals surface area contributed by atoms with Crippen molar-refractivity contribution in [1.29, 1.82) is 0 Å². The molecule has 0 heterocycles. The fourth-order valence-corrected chi connectivity index (χ4v) is 3.33. The highest BCUT2D eigenvalue weighted by Crippen LogP contribution is 2.34. The highest BCUT2D eigenvalue weighted by molar-refractivity contribution is 7.90. The van der Waals surface area contributed by atoms with Gasteiger partial charge in [0, 0.05) is 11.1 Å². The molecule has 0 fully saturated rings. The predicted molar refractivity (Wildman–Crippen MR) is 99.4 cm³/mol. The average molecular weight is 388 g/mol. The van der Waals surface area contributed by atoms with Gasteiger partial charge in [0.2, 0.25) is 0 Å². The molecule has 0 spiro atoms. The number of hydrogen-bond acceptors (Lipinski definition) is 4. The van der Waals surface area contributed by atoms with E-state index in [1.54, 1.807) is 45.9 Å². The van der Waals surface area contributed by atoms with E-state index in [0.717, 1.165) is 0 Å². The van der Waals surface area contributed by atoms with Gasteiger partial charge in [-0.2, -0.15) is 4.72 Å². The number of ether oxygens (including phenoxy) is 1. The number of benzene rings is 1. The number of hydrogen-bond donors (Lipinski definition) is 1. The summed E-state index contributed by atoms with van der Waals surface area (Å²) in [4.78, 5) is 25.9. The van der Waals surface area contributed by atoms with E-state index >= 15 is 0 Å². The third kappa shape index (κ3) is 5.62. The normalized spacial score (nSPS) is 16.5. The standard InChI is InChI=1S/C18H26ClNO4S/c1-7-12(2)18(6,16(22)24-17(3,4)5)15(21)20-25(23)14-10-8-9-13(19)11-14/h8-12H,7H2,1-6H3,(H,20,21)/t12-,18?,25?/m0/s1. The number of carbonyl (C=O) groups excluding carboxylic acids is 2. The zero-order valence-corrected chi connectivity index (χ0v) is 17.1. The van der Waals surface area contributed by atoms with Crippen LogP contribution in [0.4, 0.5) is 0 Å². The number of carbonyl (C=O) groups is 2. The van der Waals surface area contributed by atoms with Crippen molar-refractivity contribution in [1.82, 2.24) is 4.72 Å². The highest BCUT2D eigenvalue weighted by atomic mass is 35.5. The van der Waals surface area contributed by atoms with Gasteiger partial charge in [0.25, 0.3) is 5.91 Å². The number of amides is 1. The number of nitrogens with one attached hydrogen (secondary N) is 1. The summed E-state index contributed by atoms with van der Waals surface area (Å²) in [5.74, 6) is -1.55. The van der Waals surface area contributed by atoms with Gasteiger partial charge in [0.15, 0.2) is 4.90 Å². The van der Waals surface area contributed by atoms with Gasteiger partial charge in [-0.25, -0.2) is 0 Å². The van der Waals surface area contributed by atoms with Gasteiger partial charge in [-0.15, -0.1) is 0 Å². The van der Waals surface area contributed by atoms with Crippen molar-refractivity contribution in [3.05, 3.63) is 29.3 Å². The molecule has 0 bridgehead atoms. The smallest absolute Gasteiger partial charge is 0.322 e. The lowest BCUT2D eigenvalue weighted by Crippen LogP contribution is -2.52. The van der Waals surface area contributed by atoms with Crippen LogP contribution < -0.4 is 4.72 Å². The monoisotopic (exact) mass is 387 g/mol. The second kappa shape index (κ2) is 8.43. The van der Waals surface area contributed by atoms with Crippen molar-refractivity contribution in [3.63, 3.8) is 0 Å². The van der Waals surface area contributed by atoms with Gasteiger partial charge in [0.1, 0.15) is 22.4 Å². The maximum Gasteiger partial charge on any atom is 0.322 e. The first kappa shape index (κ1) is 21.8. The van der Waals surface area contributed by atoms with Crippen LogP contribution in [0.15, 0.2) is 29.2 Å². The molecule has 25 heavy (non-hydrogen) atoms. The van der Waals surface area contributed by atoms with E-state index in [2.05, 4.69) is 4.72 Å². The van der Waals surface area contributed by atoms with Crippen molar-refractivity contribution < 1.29 is 18.9 Å². The van der Waals surface area contributed by atoms with E-state index in [1.807, 2.05) is 6.92 Å². The maximum absolute atomic E-state index is 12.8. The maximum atomic E-state index is 12.8. The molecule has 1 aromatic rings. The minimum atomic E-state index is -1.82. The Morgan fingerprint density at radius 1 is 1.32 bits per heavy atom. The van der Waals surface area contributed by atoms with Crippen molar-refractivity contribution in [2.75, 3.05) is 0 Å². The molecule has 5 nitrogen and oxygen atoms in total. The Kier molecular flexibility index (Phi) is 7.35. The largest absolute Gasteiger partial charge is 0.588 e. The van der Waals surface area contributed by atoms with Crippen LogP contribution in [0.5, 0.6) is 0 Å². The molecule has 1 rings (SSSR count). The van der Waals surface area contributed by atoms with Crippen LogP contribution in [0.1, 0.15) is 48.0 Å². The van der Waals surface area contributed by atoms with Crippen LogP contribution >= 0.6 is 11.6 Å². The fraction of sp³-hybridized carbons (Fsp3) is 0.556. The first-order valence-corrected chi connectivity index (χ1v) is 9.66. The topological polar surface area (TPSA) is 78.5 Å². The summed E-state index contributed by atoms with van der Waals surface area (Å²) in [7, 11) is 0. The molecule has 7 heteroatoms. The molecule has 3 atom stereocenters. The molecule has 0 aliphatic rings. The SMILES string of the molecule is CC[C@H](C)C(C)(C(=O)N[S+]([O-])c1cccc(Cl)c1)C(=O)OC(C)(C)C. The molecule has 0 saturated carbocycles. The molecule has 0 aliphatic heterocycles. The van der Waals surface area contributed by atoms with Gasteiger partial charge in [0.05, 0.1) is 0 Å².